The van der Waals surface area contributed by atoms with E-state index in [0.717, 1.165) is 5.56 Å². The maximum absolute atomic E-state index is 11.3. The first-order valence-electron chi connectivity index (χ1n) is 8.85. The van der Waals surface area contributed by atoms with E-state index in [9.17, 15) is 4.79 Å². The lowest BCUT2D eigenvalue weighted by Gasteiger charge is -2.36. The van der Waals surface area contributed by atoms with Crippen LogP contribution in [-0.2, 0) is 27.0 Å². The van der Waals surface area contributed by atoms with E-state index in [1.54, 1.807) is 0 Å². The third kappa shape index (κ3) is 5.16. The average molecular weight is 359 g/mol. The first-order valence-corrected chi connectivity index (χ1v) is 11.8. The van der Waals surface area contributed by atoms with Crippen LogP contribution in [0.15, 0.2) is 36.4 Å². The van der Waals surface area contributed by atoms with Gasteiger partial charge in [-0.25, -0.2) is 0 Å². The van der Waals surface area contributed by atoms with Gasteiger partial charge in [-0.05, 0) is 52.5 Å². The highest BCUT2D eigenvalue weighted by molar-refractivity contribution is 6.74. The molecule has 0 saturated carbocycles. The maximum Gasteiger partial charge on any atom is 0.305 e. The smallest absolute Gasteiger partial charge is 0.305 e. The zero-order valence-corrected chi connectivity index (χ0v) is 17.3. The molecule has 136 valence electrons. The number of fused-ring (bicyclic) bond motifs is 1. The van der Waals surface area contributed by atoms with Crippen molar-refractivity contribution in [2.75, 3.05) is 7.11 Å². The van der Waals surface area contributed by atoms with Gasteiger partial charge in [-0.15, -0.1) is 0 Å². The topological polar surface area (TPSA) is 35.5 Å². The molecule has 0 amide bonds. The van der Waals surface area contributed by atoms with Gasteiger partial charge < -0.3 is 9.16 Å². The molecule has 0 aliphatic rings. The van der Waals surface area contributed by atoms with Crippen molar-refractivity contribution in [2.24, 2.45) is 0 Å². The van der Waals surface area contributed by atoms with Crippen LogP contribution in [0.25, 0.3) is 10.8 Å². The number of carbonyl (C=O) groups excluding carboxylic acids is 1. The molecule has 0 aliphatic heterocycles. The number of ether oxygens (including phenoxy) is 1. The molecule has 0 unspecified atom stereocenters. The van der Waals surface area contributed by atoms with Crippen molar-refractivity contribution in [3.63, 3.8) is 0 Å². The fourth-order valence-corrected chi connectivity index (χ4v) is 3.38. The molecule has 3 nitrogen and oxygen atoms in total. The molecule has 4 heteroatoms. The number of esters is 1. The number of methoxy groups -OCH3 is 1. The molecule has 0 fully saturated rings. The molecule has 2 aromatic rings. The summed E-state index contributed by atoms with van der Waals surface area (Å²) in [6.07, 6.45) is 1.12. The van der Waals surface area contributed by atoms with Gasteiger partial charge in [0.25, 0.3) is 0 Å². The quantitative estimate of drug-likeness (QED) is 0.507. The minimum absolute atomic E-state index is 0.168. The molecule has 0 spiro atoms. The average Bonchev–Trinajstić information content (AvgIpc) is 2.56. The SMILES string of the molecule is COC(=O)CCc1ccc2cc(CO[Si](C)(C)C(C)(C)C)ccc2c1. The summed E-state index contributed by atoms with van der Waals surface area (Å²) in [7, 11) is -0.306. The van der Waals surface area contributed by atoms with Gasteiger partial charge in [-0.1, -0.05) is 51.1 Å². The Morgan fingerprint density at radius 2 is 1.56 bits per heavy atom. The van der Waals surface area contributed by atoms with E-state index in [1.165, 1.54) is 23.4 Å². The second-order valence-electron chi connectivity index (χ2n) is 8.14. The van der Waals surface area contributed by atoms with Crippen molar-refractivity contribution in [3.8, 4) is 0 Å². The van der Waals surface area contributed by atoms with Gasteiger partial charge in [-0.3, -0.25) is 4.79 Å². The van der Waals surface area contributed by atoms with Crippen LogP contribution in [0, 0.1) is 0 Å². The summed E-state index contributed by atoms with van der Waals surface area (Å²) in [4.78, 5) is 11.3. The maximum atomic E-state index is 11.3. The van der Waals surface area contributed by atoms with Crippen LogP contribution in [0.3, 0.4) is 0 Å². The van der Waals surface area contributed by atoms with Crippen molar-refractivity contribution in [2.45, 2.75) is 58.4 Å². The zero-order chi connectivity index (χ0) is 18.7. The first kappa shape index (κ1) is 19.7. The fraction of sp³-hybridized carbons (Fsp3) is 0.476. The van der Waals surface area contributed by atoms with E-state index in [4.69, 9.17) is 9.16 Å². The second-order valence-corrected chi connectivity index (χ2v) is 13.0. The minimum atomic E-state index is -1.73. The Balaban J connectivity index is 2.09. The van der Waals surface area contributed by atoms with Gasteiger partial charge in [-0.2, -0.15) is 0 Å². The van der Waals surface area contributed by atoms with Crippen molar-refractivity contribution in [1.82, 2.24) is 0 Å². The van der Waals surface area contributed by atoms with Gasteiger partial charge in [0.05, 0.1) is 13.7 Å². The Kier molecular flexibility index (Phi) is 6.06. The molecule has 25 heavy (non-hydrogen) atoms. The second kappa shape index (κ2) is 7.71. The van der Waals surface area contributed by atoms with Gasteiger partial charge in [0, 0.05) is 6.42 Å². The summed E-state index contributed by atoms with van der Waals surface area (Å²) >= 11 is 0. The Bertz CT molecular complexity index is 744. The van der Waals surface area contributed by atoms with Crippen LogP contribution in [-0.4, -0.2) is 21.4 Å². The third-order valence-corrected chi connectivity index (χ3v) is 9.70. The van der Waals surface area contributed by atoms with Gasteiger partial charge in [0.2, 0.25) is 0 Å². The Hall–Kier alpha value is -1.65. The molecule has 2 rings (SSSR count). The Morgan fingerprint density at radius 1 is 1.00 bits per heavy atom. The monoisotopic (exact) mass is 358 g/mol. The number of aryl methyl sites for hydroxylation is 1. The summed E-state index contributed by atoms with van der Waals surface area (Å²) in [6, 6.07) is 12.8. The summed E-state index contributed by atoms with van der Waals surface area (Å²) < 4.78 is 11.0. The van der Waals surface area contributed by atoms with E-state index >= 15 is 0 Å². The van der Waals surface area contributed by atoms with Gasteiger partial charge in [0.15, 0.2) is 8.32 Å². The normalized spacial score (nSPS) is 12.4. The van der Waals surface area contributed by atoms with E-state index in [-0.39, 0.29) is 11.0 Å². The predicted octanol–water partition coefficient (Wildman–Crippen LogP) is 5.47. The zero-order valence-electron chi connectivity index (χ0n) is 16.3. The molecule has 0 radical (unpaired) electrons. The van der Waals surface area contributed by atoms with Gasteiger partial charge in [0.1, 0.15) is 0 Å². The van der Waals surface area contributed by atoms with Crippen LogP contribution in [0.4, 0.5) is 0 Å². The summed E-state index contributed by atoms with van der Waals surface area (Å²) in [5.41, 5.74) is 2.36. The summed E-state index contributed by atoms with van der Waals surface area (Å²) in [5.74, 6) is -0.168. The predicted molar refractivity (Wildman–Crippen MR) is 106 cm³/mol. The molecular weight excluding hydrogens is 328 g/mol. The molecule has 2 aromatic carbocycles. The molecule has 0 atom stereocenters. The van der Waals surface area contributed by atoms with Crippen molar-refractivity contribution in [3.05, 3.63) is 47.5 Å². The molecule has 0 aromatic heterocycles. The van der Waals surface area contributed by atoms with Crippen molar-refractivity contribution >= 4 is 25.1 Å². The Labute approximate surface area is 152 Å². The highest BCUT2D eigenvalue weighted by Crippen LogP contribution is 2.37. The number of benzene rings is 2. The lowest BCUT2D eigenvalue weighted by atomic mass is 10.0. The van der Waals surface area contributed by atoms with Gasteiger partial charge >= 0.3 is 5.97 Å². The van der Waals surface area contributed by atoms with E-state index < -0.39 is 8.32 Å². The van der Waals surface area contributed by atoms with Crippen LogP contribution in [0.5, 0.6) is 0 Å². The molecule has 0 heterocycles. The lowest BCUT2D eigenvalue weighted by Crippen LogP contribution is -2.40. The van der Waals surface area contributed by atoms with Crippen LogP contribution < -0.4 is 0 Å². The van der Waals surface area contributed by atoms with Crippen LogP contribution in [0.2, 0.25) is 18.1 Å². The van der Waals surface area contributed by atoms with Crippen molar-refractivity contribution < 1.29 is 14.0 Å². The largest absolute Gasteiger partial charge is 0.469 e. The highest BCUT2D eigenvalue weighted by Gasteiger charge is 2.36. The van der Waals surface area contributed by atoms with Crippen LogP contribution >= 0.6 is 0 Å². The minimum Gasteiger partial charge on any atom is -0.469 e. The molecule has 0 bridgehead atoms. The third-order valence-electron chi connectivity index (χ3n) is 5.22. The molecular formula is C21H30O3Si. The van der Waals surface area contributed by atoms with E-state index in [1.807, 2.05) is 0 Å². The number of hydrogen-bond donors (Lipinski definition) is 0. The summed E-state index contributed by atoms with van der Waals surface area (Å²) in [5, 5.41) is 2.62. The molecule has 0 saturated heterocycles. The lowest BCUT2D eigenvalue weighted by molar-refractivity contribution is -0.140. The highest BCUT2D eigenvalue weighted by atomic mass is 28.4. The number of hydrogen-bond acceptors (Lipinski definition) is 3. The standard InChI is InChI=1S/C21H30O3Si/c1-21(2,3)25(5,6)24-15-17-8-11-18-13-16(7-10-19(18)14-17)9-12-20(22)23-4/h7-8,10-11,13-14H,9,12,15H2,1-6H3. The summed E-state index contributed by atoms with van der Waals surface area (Å²) in [6.45, 7) is 12.0. The van der Waals surface area contributed by atoms with Crippen LogP contribution in [0.1, 0.15) is 38.3 Å². The first-order chi connectivity index (χ1) is 11.6. The van der Waals surface area contributed by atoms with E-state index in [0.29, 0.717) is 19.4 Å². The number of carbonyl (C=O) groups is 1. The van der Waals surface area contributed by atoms with E-state index in [2.05, 4.69) is 70.3 Å². The molecule has 0 N–H and O–H groups in total. The number of rotatable bonds is 6. The Morgan fingerprint density at radius 3 is 2.12 bits per heavy atom. The fourth-order valence-electron chi connectivity index (χ4n) is 2.42. The molecule has 0 aliphatic carbocycles. The van der Waals surface area contributed by atoms with Crippen molar-refractivity contribution in [1.29, 1.82) is 0 Å².